The van der Waals surface area contributed by atoms with E-state index in [1.165, 1.54) is 16.9 Å². The van der Waals surface area contributed by atoms with E-state index in [0.717, 1.165) is 45.7 Å². The molecule has 0 aliphatic rings. The molecule has 4 heterocycles. The van der Waals surface area contributed by atoms with Crippen molar-refractivity contribution < 1.29 is 4.42 Å². The normalized spacial score (nSPS) is 12.1. The molecule has 5 rings (SSSR count). The predicted octanol–water partition coefficient (Wildman–Crippen LogP) is 3.58. The highest BCUT2D eigenvalue weighted by Gasteiger charge is 2.19. The Bertz CT molecular complexity index is 1410. The van der Waals surface area contributed by atoms with Crippen molar-refractivity contribution in [1.82, 2.24) is 24.1 Å². The predicted molar refractivity (Wildman–Crippen MR) is 114 cm³/mol. The van der Waals surface area contributed by atoms with Gasteiger partial charge in [0.15, 0.2) is 5.82 Å². The molecule has 29 heavy (non-hydrogen) atoms. The Morgan fingerprint density at radius 3 is 2.83 bits per heavy atom. The second-order valence-electron chi connectivity index (χ2n) is 7.28. The molecule has 5 aromatic rings. The van der Waals surface area contributed by atoms with Crippen molar-refractivity contribution in [2.45, 2.75) is 26.4 Å². The van der Waals surface area contributed by atoms with E-state index in [2.05, 4.69) is 35.1 Å². The van der Waals surface area contributed by atoms with E-state index in [1.54, 1.807) is 11.6 Å². The SMILES string of the molecule is CCc1oc2ccccc2c1CN(C)Cc1nnc2n(C)c(=O)c3sccc3n12. The number of hydrogen-bond acceptors (Lipinski definition) is 6. The Kier molecular flexibility index (Phi) is 4.25. The van der Waals surface area contributed by atoms with E-state index in [1.807, 2.05) is 34.0 Å². The van der Waals surface area contributed by atoms with Gasteiger partial charge in [-0.1, -0.05) is 25.1 Å². The van der Waals surface area contributed by atoms with Gasteiger partial charge in [-0.05, 0) is 24.6 Å². The average Bonchev–Trinajstić information content (AvgIpc) is 3.43. The summed E-state index contributed by atoms with van der Waals surface area (Å²) in [5, 5.41) is 11.8. The van der Waals surface area contributed by atoms with Gasteiger partial charge >= 0.3 is 0 Å². The summed E-state index contributed by atoms with van der Waals surface area (Å²) in [6.07, 6.45) is 0.851. The van der Waals surface area contributed by atoms with E-state index in [4.69, 9.17) is 4.42 Å². The van der Waals surface area contributed by atoms with Gasteiger partial charge in [-0.2, -0.15) is 0 Å². The molecule has 148 valence electrons. The van der Waals surface area contributed by atoms with E-state index < -0.39 is 0 Å². The van der Waals surface area contributed by atoms with Crippen LogP contribution >= 0.6 is 11.3 Å². The summed E-state index contributed by atoms with van der Waals surface area (Å²) >= 11 is 1.45. The van der Waals surface area contributed by atoms with Crippen molar-refractivity contribution in [3.63, 3.8) is 0 Å². The lowest BCUT2D eigenvalue weighted by Crippen LogP contribution is -2.22. The second-order valence-corrected chi connectivity index (χ2v) is 8.19. The Hall–Kier alpha value is -2.97. The number of para-hydroxylation sites is 1. The molecule has 0 saturated heterocycles. The summed E-state index contributed by atoms with van der Waals surface area (Å²) in [6, 6.07) is 10.1. The molecule has 4 aromatic heterocycles. The van der Waals surface area contributed by atoms with Crippen LogP contribution in [-0.4, -0.2) is 31.1 Å². The van der Waals surface area contributed by atoms with Crippen LogP contribution in [0, 0.1) is 0 Å². The van der Waals surface area contributed by atoms with Crippen LogP contribution in [0.2, 0.25) is 0 Å². The Balaban J connectivity index is 1.53. The maximum atomic E-state index is 12.5. The maximum absolute atomic E-state index is 12.5. The number of nitrogens with zero attached hydrogens (tertiary/aromatic N) is 5. The van der Waals surface area contributed by atoms with Crippen molar-refractivity contribution in [2.24, 2.45) is 7.05 Å². The maximum Gasteiger partial charge on any atom is 0.272 e. The Morgan fingerprint density at radius 1 is 1.17 bits per heavy atom. The van der Waals surface area contributed by atoms with Gasteiger partial charge < -0.3 is 4.42 Å². The zero-order chi connectivity index (χ0) is 20.1. The fraction of sp³-hybridized carbons (Fsp3) is 0.286. The first-order valence-electron chi connectivity index (χ1n) is 9.56. The molecular formula is C21H21N5O2S. The topological polar surface area (TPSA) is 68.6 Å². The van der Waals surface area contributed by atoms with Crippen molar-refractivity contribution >= 4 is 38.3 Å². The van der Waals surface area contributed by atoms with Gasteiger partial charge in [0.05, 0.1) is 12.1 Å². The highest BCUT2D eigenvalue weighted by atomic mass is 32.1. The number of aryl methyl sites for hydroxylation is 2. The molecular weight excluding hydrogens is 386 g/mol. The van der Waals surface area contributed by atoms with Crippen molar-refractivity contribution in [3.8, 4) is 0 Å². The fourth-order valence-electron chi connectivity index (χ4n) is 3.93. The van der Waals surface area contributed by atoms with Gasteiger partial charge in [0.1, 0.15) is 16.0 Å². The number of aromatic nitrogens is 4. The van der Waals surface area contributed by atoms with Gasteiger partial charge in [0.25, 0.3) is 5.56 Å². The summed E-state index contributed by atoms with van der Waals surface area (Å²) in [4.78, 5) is 14.7. The lowest BCUT2D eigenvalue weighted by atomic mass is 10.1. The molecule has 0 fully saturated rings. The zero-order valence-corrected chi connectivity index (χ0v) is 17.4. The molecule has 7 nitrogen and oxygen atoms in total. The van der Waals surface area contributed by atoms with Crippen molar-refractivity contribution in [2.75, 3.05) is 7.05 Å². The quantitative estimate of drug-likeness (QED) is 0.445. The molecule has 0 amide bonds. The highest BCUT2D eigenvalue weighted by molar-refractivity contribution is 7.17. The lowest BCUT2D eigenvalue weighted by molar-refractivity contribution is 0.307. The van der Waals surface area contributed by atoms with Gasteiger partial charge in [-0.3, -0.25) is 18.7 Å². The highest BCUT2D eigenvalue weighted by Crippen LogP contribution is 2.28. The largest absolute Gasteiger partial charge is 0.461 e. The molecule has 1 aromatic carbocycles. The van der Waals surface area contributed by atoms with Crippen LogP contribution in [0.4, 0.5) is 0 Å². The smallest absolute Gasteiger partial charge is 0.272 e. The van der Waals surface area contributed by atoms with Crippen LogP contribution in [0.15, 0.2) is 44.9 Å². The number of rotatable bonds is 5. The average molecular weight is 407 g/mol. The van der Waals surface area contributed by atoms with E-state index in [0.29, 0.717) is 12.3 Å². The summed E-state index contributed by atoms with van der Waals surface area (Å²) in [6.45, 7) is 3.46. The molecule has 0 bridgehead atoms. The molecule has 0 saturated carbocycles. The number of fused-ring (bicyclic) bond motifs is 4. The fourth-order valence-corrected chi connectivity index (χ4v) is 4.78. The molecule has 8 heteroatoms. The minimum Gasteiger partial charge on any atom is -0.461 e. The molecule has 0 radical (unpaired) electrons. The van der Waals surface area contributed by atoms with Crippen LogP contribution < -0.4 is 5.56 Å². The first-order valence-corrected chi connectivity index (χ1v) is 10.4. The minimum absolute atomic E-state index is 0.0349. The molecule has 0 atom stereocenters. The second kappa shape index (κ2) is 6.82. The van der Waals surface area contributed by atoms with Gasteiger partial charge in [0.2, 0.25) is 5.78 Å². The van der Waals surface area contributed by atoms with Crippen molar-refractivity contribution in [3.05, 3.63) is 63.2 Å². The van der Waals surface area contributed by atoms with Crippen LogP contribution in [0.25, 0.3) is 27.0 Å². The number of benzene rings is 1. The number of furan rings is 1. The van der Waals surface area contributed by atoms with Gasteiger partial charge in [-0.15, -0.1) is 21.5 Å². The Labute approximate surface area is 170 Å². The van der Waals surface area contributed by atoms with E-state index >= 15 is 0 Å². The summed E-state index contributed by atoms with van der Waals surface area (Å²) < 4.78 is 10.3. The summed E-state index contributed by atoms with van der Waals surface area (Å²) in [5.74, 6) is 2.39. The number of hydrogen-bond donors (Lipinski definition) is 0. The summed E-state index contributed by atoms with van der Waals surface area (Å²) in [7, 11) is 3.80. The zero-order valence-electron chi connectivity index (χ0n) is 16.5. The van der Waals surface area contributed by atoms with Crippen LogP contribution in [0.1, 0.15) is 24.1 Å². The third-order valence-electron chi connectivity index (χ3n) is 5.34. The molecule has 0 N–H and O–H groups in total. The molecule has 0 unspecified atom stereocenters. The summed E-state index contributed by atoms with van der Waals surface area (Å²) in [5.41, 5.74) is 2.97. The minimum atomic E-state index is -0.0349. The van der Waals surface area contributed by atoms with Crippen molar-refractivity contribution in [1.29, 1.82) is 0 Å². The standard InChI is InChI=1S/C21H21N5O2S/c1-4-16-14(13-7-5-6-8-17(13)28-16)11-24(2)12-18-22-23-21-25(3)20(27)19-15(26(18)21)9-10-29-19/h5-10H,4,11-12H2,1-3H3. The van der Waals surface area contributed by atoms with E-state index in [9.17, 15) is 4.79 Å². The third kappa shape index (κ3) is 2.79. The van der Waals surface area contributed by atoms with Crippen LogP contribution in [0.5, 0.6) is 0 Å². The molecule has 0 spiro atoms. The van der Waals surface area contributed by atoms with Crippen LogP contribution in [0.3, 0.4) is 0 Å². The van der Waals surface area contributed by atoms with E-state index in [-0.39, 0.29) is 5.56 Å². The molecule has 0 aliphatic carbocycles. The molecule has 0 aliphatic heterocycles. The Morgan fingerprint density at radius 2 is 2.00 bits per heavy atom. The lowest BCUT2D eigenvalue weighted by Gasteiger charge is -2.16. The first kappa shape index (κ1) is 18.1. The van der Waals surface area contributed by atoms with Gasteiger partial charge in [0, 0.05) is 31.0 Å². The van der Waals surface area contributed by atoms with Crippen LogP contribution in [-0.2, 0) is 26.6 Å². The number of thiophene rings is 1. The first-order chi connectivity index (χ1) is 14.1. The third-order valence-corrected chi connectivity index (χ3v) is 6.23. The monoisotopic (exact) mass is 407 g/mol. The van der Waals surface area contributed by atoms with Gasteiger partial charge in [-0.25, -0.2) is 0 Å².